The predicted octanol–water partition coefficient (Wildman–Crippen LogP) is 2.64. The van der Waals surface area contributed by atoms with E-state index in [4.69, 9.17) is 0 Å². The minimum atomic E-state index is 0.283. The third-order valence-electron chi connectivity index (χ3n) is 2.36. The zero-order chi connectivity index (χ0) is 10.9. The second-order valence-electron chi connectivity index (χ2n) is 5.55. The summed E-state index contributed by atoms with van der Waals surface area (Å²) in [7, 11) is 0. The van der Waals surface area contributed by atoms with E-state index in [2.05, 4.69) is 42.1 Å². The first-order valence-corrected chi connectivity index (χ1v) is 5.60. The highest BCUT2D eigenvalue weighted by Gasteiger charge is 2.21. The SMILES string of the molecule is CC(C)(C)Cc1cc(NC2CC2)ncn1. The number of hydrogen-bond acceptors (Lipinski definition) is 3. The van der Waals surface area contributed by atoms with Crippen LogP contribution in [0.5, 0.6) is 0 Å². The molecule has 3 nitrogen and oxygen atoms in total. The lowest BCUT2D eigenvalue weighted by atomic mass is 9.90. The van der Waals surface area contributed by atoms with Crippen molar-refractivity contribution in [2.45, 2.75) is 46.1 Å². The van der Waals surface area contributed by atoms with Crippen molar-refractivity contribution < 1.29 is 0 Å². The average molecular weight is 205 g/mol. The van der Waals surface area contributed by atoms with Crippen molar-refractivity contribution in [2.75, 3.05) is 5.32 Å². The Kier molecular flexibility index (Phi) is 2.63. The van der Waals surface area contributed by atoms with Crippen LogP contribution in [0.2, 0.25) is 0 Å². The Balaban J connectivity index is 2.04. The summed E-state index contributed by atoms with van der Waals surface area (Å²) in [6.45, 7) is 6.68. The summed E-state index contributed by atoms with van der Waals surface area (Å²) < 4.78 is 0. The molecule has 3 heteroatoms. The fraction of sp³-hybridized carbons (Fsp3) is 0.667. The minimum Gasteiger partial charge on any atom is -0.367 e. The van der Waals surface area contributed by atoms with Crippen LogP contribution < -0.4 is 5.32 Å². The lowest BCUT2D eigenvalue weighted by Crippen LogP contribution is -2.11. The first-order valence-electron chi connectivity index (χ1n) is 5.60. The second kappa shape index (κ2) is 3.80. The van der Waals surface area contributed by atoms with Gasteiger partial charge in [0.05, 0.1) is 0 Å². The number of rotatable bonds is 3. The van der Waals surface area contributed by atoms with E-state index in [1.54, 1.807) is 6.33 Å². The molecule has 1 fully saturated rings. The molecule has 0 spiro atoms. The predicted molar refractivity (Wildman–Crippen MR) is 61.8 cm³/mol. The molecule has 1 aromatic rings. The van der Waals surface area contributed by atoms with E-state index < -0.39 is 0 Å². The van der Waals surface area contributed by atoms with Crippen LogP contribution in [-0.4, -0.2) is 16.0 Å². The largest absolute Gasteiger partial charge is 0.367 e. The first kappa shape index (κ1) is 10.4. The lowest BCUT2D eigenvalue weighted by Gasteiger charge is -2.17. The molecule has 0 atom stereocenters. The zero-order valence-corrected chi connectivity index (χ0v) is 9.75. The molecule has 0 radical (unpaired) electrons. The van der Waals surface area contributed by atoms with Crippen LogP contribution in [0.1, 0.15) is 39.3 Å². The zero-order valence-electron chi connectivity index (χ0n) is 9.75. The number of nitrogens with zero attached hydrogens (tertiary/aromatic N) is 2. The van der Waals surface area contributed by atoms with Gasteiger partial charge in [-0.25, -0.2) is 9.97 Å². The lowest BCUT2D eigenvalue weighted by molar-refractivity contribution is 0.406. The van der Waals surface area contributed by atoms with E-state index in [1.165, 1.54) is 12.8 Å². The van der Waals surface area contributed by atoms with Gasteiger partial charge in [0, 0.05) is 17.8 Å². The highest BCUT2D eigenvalue weighted by Crippen LogP contribution is 2.25. The summed E-state index contributed by atoms with van der Waals surface area (Å²) in [5.74, 6) is 0.978. The fourth-order valence-corrected chi connectivity index (χ4v) is 1.55. The Morgan fingerprint density at radius 2 is 2.07 bits per heavy atom. The van der Waals surface area contributed by atoms with Crippen molar-refractivity contribution in [3.63, 3.8) is 0 Å². The normalized spacial score (nSPS) is 16.5. The number of nitrogens with one attached hydrogen (secondary N) is 1. The molecule has 2 rings (SSSR count). The Bertz CT molecular complexity index is 337. The smallest absolute Gasteiger partial charge is 0.129 e. The standard InChI is InChI=1S/C12H19N3/c1-12(2,3)7-10-6-11(14-8-13-10)15-9-4-5-9/h6,8-9H,4-5,7H2,1-3H3,(H,13,14,15). The summed E-state index contributed by atoms with van der Waals surface area (Å²) in [5, 5.41) is 3.39. The van der Waals surface area contributed by atoms with Crippen LogP contribution in [0.3, 0.4) is 0 Å². The highest BCUT2D eigenvalue weighted by atomic mass is 15.1. The molecule has 0 amide bonds. The van der Waals surface area contributed by atoms with E-state index in [0.29, 0.717) is 6.04 Å². The molecule has 1 heterocycles. The quantitative estimate of drug-likeness (QED) is 0.824. The van der Waals surface area contributed by atoms with Crippen LogP contribution in [0.4, 0.5) is 5.82 Å². The Hall–Kier alpha value is -1.12. The van der Waals surface area contributed by atoms with Gasteiger partial charge in [-0.05, 0) is 24.7 Å². The summed E-state index contributed by atoms with van der Waals surface area (Å²) in [5.41, 5.74) is 1.41. The Morgan fingerprint density at radius 3 is 2.67 bits per heavy atom. The average Bonchev–Trinajstić information content (AvgIpc) is 2.85. The van der Waals surface area contributed by atoms with Crippen LogP contribution in [0.25, 0.3) is 0 Å². The third-order valence-corrected chi connectivity index (χ3v) is 2.36. The van der Waals surface area contributed by atoms with Crippen LogP contribution in [-0.2, 0) is 6.42 Å². The number of aromatic nitrogens is 2. The highest BCUT2D eigenvalue weighted by molar-refractivity contribution is 5.37. The van der Waals surface area contributed by atoms with Gasteiger partial charge in [-0.2, -0.15) is 0 Å². The summed E-state index contributed by atoms with van der Waals surface area (Å²) >= 11 is 0. The van der Waals surface area contributed by atoms with Gasteiger partial charge in [0.25, 0.3) is 0 Å². The maximum absolute atomic E-state index is 4.30. The molecular formula is C12H19N3. The van der Waals surface area contributed by atoms with Crippen molar-refractivity contribution >= 4 is 5.82 Å². The second-order valence-corrected chi connectivity index (χ2v) is 5.55. The molecule has 0 bridgehead atoms. The molecule has 1 aromatic heterocycles. The van der Waals surface area contributed by atoms with E-state index in [9.17, 15) is 0 Å². The minimum absolute atomic E-state index is 0.283. The summed E-state index contributed by atoms with van der Waals surface area (Å²) in [4.78, 5) is 8.53. The topological polar surface area (TPSA) is 37.8 Å². The summed E-state index contributed by atoms with van der Waals surface area (Å²) in [6, 6.07) is 2.73. The van der Waals surface area contributed by atoms with Crippen LogP contribution in [0, 0.1) is 5.41 Å². The van der Waals surface area contributed by atoms with E-state index in [0.717, 1.165) is 17.9 Å². The van der Waals surface area contributed by atoms with Crippen molar-refractivity contribution in [1.82, 2.24) is 9.97 Å². The van der Waals surface area contributed by atoms with Gasteiger partial charge < -0.3 is 5.32 Å². The number of anilines is 1. The maximum atomic E-state index is 4.30. The van der Waals surface area contributed by atoms with Gasteiger partial charge in [0.2, 0.25) is 0 Å². The van der Waals surface area contributed by atoms with Crippen molar-refractivity contribution in [2.24, 2.45) is 5.41 Å². The number of hydrogen-bond donors (Lipinski definition) is 1. The Labute approximate surface area is 91.3 Å². The molecule has 1 N–H and O–H groups in total. The summed E-state index contributed by atoms with van der Waals surface area (Å²) in [6.07, 6.45) is 5.21. The van der Waals surface area contributed by atoms with E-state index in [-0.39, 0.29) is 5.41 Å². The monoisotopic (exact) mass is 205 g/mol. The van der Waals surface area contributed by atoms with Gasteiger partial charge in [-0.3, -0.25) is 0 Å². The van der Waals surface area contributed by atoms with Crippen LogP contribution in [0.15, 0.2) is 12.4 Å². The third kappa shape index (κ3) is 3.50. The molecule has 0 unspecified atom stereocenters. The molecule has 1 aliphatic rings. The van der Waals surface area contributed by atoms with Crippen LogP contribution >= 0.6 is 0 Å². The molecule has 15 heavy (non-hydrogen) atoms. The molecule has 82 valence electrons. The van der Waals surface area contributed by atoms with Gasteiger partial charge in [-0.15, -0.1) is 0 Å². The first-order chi connectivity index (χ1) is 7.03. The maximum Gasteiger partial charge on any atom is 0.129 e. The van der Waals surface area contributed by atoms with Gasteiger partial charge in [0.1, 0.15) is 12.1 Å². The Morgan fingerprint density at radius 1 is 1.33 bits per heavy atom. The van der Waals surface area contributed by atoms with Crippen molar-refractivity contribution in [3.8, 4) is 0 Å². The molecule has 0 aromatic carbocycles. The fourth-order valence-electron chi connectivity index (χ4n) is 1.55. The van der Waals surface area contributed by atoms with Crippen molar-refractivity contribution in [1.29, 1.82) is 0 Å². The van der Waals surface area contributed by atoms with Crippen molar-refractivity contribution in [3.05, 3.63) is 18.1 Å². The molecular weight excluding hydrogens is 186 g/mol. The van der Waals surface area contributed by atoms with E-state index >= 15 is 0 Å². The molecule has 1 saturated carbocycles. The molecule has 0 saturated heterocycles. The van der Waals surface area contributed by atoms with Gasteiger partial charge in [0.15, 0.2) is 0 Å². The van der Waals surface area contributed by atoms with Gasteiger partial charge in [-0.1, -0.05) is 20.8 Å². The molecule has 1 aliphatic carbocycles. The van der Waals surface area contributed by atoms with E-state index in [1.807, 2.05) is 0 Å². The van der Waals surface area contributed by atoms with Gasteiger partial charge >= 0.3 is 0 Å². The molecule has 0 aliphatic heterocycles.